The van der Waals surface area contributed by atoms with E-state index in [1.54, 1.807) is 12.2 Å². The number of hydrogen-bond donors (Lipinski definition) is 0. The summed E-state index contributed by atoms with van der Waals surface area (Å²) in [6, 6.07) is 9.09. The van der Waals surface area contributed by atoms with Crippen LogP contribution in [0.3, 0.4) is 0 Å². The van der Waals surface area contributed by atoms with Crippen molar-refractivity contribution in [2.75, 3.05) is 0 Å². The number of hydrogen-bond acceptors (Lipinski definition) is 3. The number of fused-ring (bicyclic) bond motifs is 1. The molecule has 154 valence electrons. The molecule has 0 aromatic heterocycles. The first kappa shape index (κ1) is 20.7. The van der Waals surface area contributed by atoms with Crippen LogP contribution in [0.4, 0.5) is 0 Å². The van der Waals surface area contributed by atoms with Crippen molar-refractivity contribution < 1.29 is 4.79 Å². The molecule has 0 N–H and O–H groups in total. The van der Waals surface area contributed by atoms with Crippen LogP contribution in [-0.2, 0) is 4.79 Å². The molecule has 4 rings (SSSR count). The van der Waals surface area contributed by atoms with Crippen LogP contribution < -0.4 is 0 Å². The lowest BCUT2D eigenvalue weighted by Crippen LogP contribution is -1.99. The molecule has 0 amide bonds. The molecule has 4 aliphatic rings. The van der Waals surface area contributed by atoms with E-state index in [-0.39, 0.29) is 5.78 Å². The highest BCUT2D eigenvalue weighted by Gasteiger charge is 2.15. The van der Waals surface area contributed by atoms with Gasteiger partial charge < -0.3 is 0 Å². The number of allylic oxidation sites excluding steroid dienone is 9. The van der Waals surface area contributed by atoms with Crippen LogP contribution in [0.15, 0.2) is 88.6 Å². The molecule has 0 atom stereocenters. The average Bonchev–Trinajstić information content (AvgIpc) is 2.93. The molecule has 0 fully saturated rings. The highest BCUT2D eigenvalue weighted by molar-refractivity contribution is 6.16. The Morgan fingerprint density at radius 1 is 0.774 bits per heavy atom. The second-order valence-corrected chi connectivity index (χ2v) is 8.32. The van der Waals surface area contributed by atoms with Crippen molar-refractivity contribution in [3.63, 3.8) is 0 Å². The van der Waals surface area contributed by atoms with Crippen LogP contribution in [0.25, 0.3) is 17.2 Å². The van der Waals surface area contributed by atoms with Crippen LogP contribution >= 0.6 is 0 Å². The van der Waals surface area contributed by atoms with Gasteiger partial charge >= 0.3 is 0 Å². The number of ketones is 1. The third-order valence-electron chi connectivity index (χ3n) is 5.59. The molecule has 0 saturated carbocycles. The number of carbonyl (C=O) groups is 1. The van der Waals surface area contributed by atoms with Gasteiger partial charge in [-0.05, 0) is 101 Å². The van der Waals surface area contributed by atoms with Gasteiger partial charge in [-0.2, -0.15) is 10.2 Å². The van der Waals surface area contributed by atoms with E-state index in [0.717, 1.165) is 11.3 Å². The zero-order valence-corrected chi connectivity index (χ0v) is 18.4. The first-order chi connectivity index (χ1) is 14.9. The lowest BCUT2D eigenvalue weighted by atomic mass is 9.99. The minimum Gasteiger partial charge on any atom is -0.290 e. The molecule has 3 nitrogen and oxygen atoms in total. The monoisotopic (exact) mass is 406 g/mol. The quantitative estimate of drug-likeness (QED) is 0.422. The summed E-state index contributed by atoms with van der Waals surface area (Å²) in [6.45, 7) is 8.84. The smallest absolute Gasteiger partial charge is 0.178 e. The van der Waals surface area contributed by atoms with Crippen molar-refractivity contribution in [3.8, 4) is 11.1 Å². The van der Waals surface area contributed by atoms with Gasteiger partial charge in [0.05, 0.1) is 11.4 Å². The second kappa shape index (κ2) is 8.65. The Bertz CT molecular complexity index is 1190. The Labute approximate surface area is 183 Å². The molecular formula is C28H26N2O. The second-order valence-electron chi connectivity index (χ2n) is 8.32. The highest BCUT2D eigenvalue weighted by atomic mass is 16.1. The van der Waals surface area contributed by atoms with Gasteiger partial charge in [0.2, 0.25) is 0 Å². The van der Waals surface area contributed by atoms with Crippen molar-refractivity contribution >= 4 is 23.3 Å². The molecule has 31 heavy (non-hydrogen) atoms. The van der Waals surface area contributed by atoms with Crippen molar-refractivity contribution in [1.82, 2.24) is 0 Å². The Morgan fingerprint density at radius 3 is 2.00 bits per heavy atom. The van der Waals surface area contributed by atoms with Gasteiger partial charge in [-0.1, -0.05) is 50.3 Å². The van der Waals surface area contributed by atoms with E-state index < -0.39 is 0 Å². The number of rotatable bonds is 3. The van der Waals surface area contributed by atoms with E-state index in [4.69, 9.17) is 0 Å². The van der Waals surface area contributed by atoms with Crippen LogP contribution in [0, 0.1) is 13.8 Å². The molecular weight excluding hydrogens is 380 g/mol. The van der Waals surface area contributed by atoms with E-state index in [1.807, 2.05) is 12.2 Å². The van der Waals surface area contributed by atoms with Crippen molar-refractivity contribution in [1.29, 1.82) is 0 Å². The van der Waals surface area contributed by atoms with Gasteiger partial charge in [0.15, 0.2) is 5.78 Å². The first-order valence-corrected chi connectivity index (χ1v) is 10.6. The van der Waals surface area contributed by atoms with Gasteiger partial charge in [0.25, 0.3) is 0 Å². The minimum atomic E-state index is -0.0293. The molecule has 0 bridgehead atoms. The maximum Gasteiger partial charge on any atom is 0.178 e. The summed E-state index contributed by atoms with van der Waals surface area (Å²) in [7, 11) is 0. The number of carbonyl (C=O) groups excluding carboxylic acids is 1. The fourth-order valence-electron chi connectivity index (χ4n) is 3.80. The third kappa shape index (κ3) is 4.61. The maximum atomic E-state index is 11.2. The lowest BCUT2D eigenvalue weighted by Gasteiger charge is -2.06. The summed E-state index contributed by atoms with van der Waals surface area (Å²) in [5.74, 6) is 0.468. The summed E-state index contributed by atoms with van der Waals surface area (Å²) in [6.07, 6.45) is 16.6. The SMILES string of the molecule is Cc1cc(C=C2C=CC(=NN=C3C=CC(=O)C=C3)C=C2)c2c(C)ccc(C(C)C)cc1-2. The van der Waals surface area contributed by atoms with Gasteiger partial charge in [-0.15, -0.1) is 0 Å². The highest BCUT2D eigenvalue weighted by Crippen LogP contribution is 2.37. The standard InChI is InChI=1S/C28H26N2O/c1-18(2)22-8-5-19(3)28-23(15-20(4)27(28)17-22)16-21-6-9-24(10-7-21)29-30-25-11-13-26(31)14-12-25/h5-18H,1-4H3. The van der Waals surface area contributed by atoms with Gasteiger partial charge in [-0.25, -0.2) is 0 Å². The van der Waals surface area contributed by atoms with Crippen molar-refractivity contribution in [3.05, 3.63) is 101 Å². The molecule has 0 aliphatic heterocycles. The molecule has 0 unspecified atom stereocenters. The zero-order chi connectivity index (χ0) is 22.0. The van der Waals surface area contributed by atoms with Gasteiger partial charge in [-0.3, -0.25) is 4.79 Å². The van der Waals surface area contributed by atoms with Crippen LogP contribution in [-0.4, -0.2) is 17.2 Å². The fourth-order valence-corrected chi connectivity index (χ4v) is 3.80. The van der Waals surface area contributed by atoms with Crippen molar-refractivity contribution in [2.45, 2.75) is 33.6 Å². The molecule has 3 heteroatoms. The molecule has 0 saturated heterocycles. The van der Waals surface area contributed by atoms with Crippen molar-refractivity contribution in [2.24, 2.45) is 10.2 Å². The molecule has 4 aliphatic carbocycles. The molecule has 0 heterocycles. The van der Waals surface area contributed by atoms with E-state index in [0.29, 0.717) is 11.6 Å². The molecule has 0 aromatic carbocycles. The minimum absolute atomic E-state index is 0.0293. The van der Waals surface area contributed by atoms with E-state index >= 15 is 0 Å². The summed E-state index contributed by atoms with van der Waals surface area (Å²) >= 11 is 0. The van der Waals surface area contributed by atoms with E-state index in [2.05, 4.69) is 80.4 Å². The van der Waals surface area contributed by atoms with Crippen LogP contribution in [0.1, 0.15) is 42.0 Å². The number of nitrogens with zero attached hydrogens (tertiary/aromatic N) is 2. The Kier molecular flexibility index (Phi) is 5.77. The van der Waals surface area contributed by atoms with Crippen LogP contribution in [0.2, 0.25) is 0 Å². The Morgan fingerprint density at radius 2 is 1.39 bits per heavy atom. The summed E-state index contributed by atoms with van der Waals surface area (Å²) in [4.78, 5) is 11.2. The van der Waals surface area contributed by atoms with E-state index in [9.17, 15) is 4.79 Å². The maximum absolute atomic E-state index is 11.2. The summed E-state index contributed by atoms with van der Waals surface area (Å²) in [5.41, 5.74) is 10.4. The predicted octanol–water partition coefficient (Wildman–Crippen LogP) is 6.53. The fraction of sp³-hybridized carbons (Fsp3) is 0.179. The third-order valence-corrected chi connectivity index (χ3v) is 5.59. The Balaban J connectivity index is 1.61. The lowest BCUT2D eigenvalue weighted by molar-refractivity contribution is -0.110. The number of aryl methyl sites for hydroxylation is 2. The molecule has 0 radical (unpaired) electrons. The average molecular weight is 407 g/mol. The summed E-state index contributed by atoms with van der Waals surface area (Å²) < 4.78 is 0. The van der Waals surface area contributed by atoms with Gasteiger partial charge in [0, 0.05) is 0 Å². The predicted molar refractivity (Wildman–Crippen MR) is 131 cm³/mol. The molecule has 0 spiro atoms. The normalized spacial score (nSPS) is 15.4. The van der Waals surface area contributed by atoms with E-state index in [1.165, 1.54) is 45.5 Å². The largest absolute Gasteiger partial charge is 0.290 e. The molecule has 0 aromatic rings. The Hall–Kier alpha value is -3.59. The van der Waals surface area contributed by atoms with Gasteiger partial charge in [0.1, 0.15) is 0 Å². The topological polar surface area (TPSA) is 41.8 Å². The zero-order valence-electron chi connectivity index (χ0n) is 18.4. The first-order valence-electron chi connectivity index (χ1n) is 10.6. The summed E-state index contributed by atoms with van der Waals surface area (Å²) in [5, 5.41) is 8.46. The van der Waals surface area contributed by atoms with Crippen LogP contribution in [0.5, 0.6) is 0 Å².